The zero-order chi connectivity index (χ0) is 13.4. The number of sulfone groups is 1. The first-order valence-electron chi connectivity index (χ1n) is 6.39. The average Bonchev–Trinajstić information content (AvgIpc) is 2.20. The van der Waals surface area contributed by atoms with Gasteiger partial charge >= 0.3 is 0 Å². The Morgan fingerprint density at radius 2 is 1.65 bits per heavy atom. The van der Waals surface area contributed by atoms with Gasteiger partial charge in [0.25, 0.3) is 0 Å². The molecule has 0 spiro atoms. The maximum atomic E-state index is 11.8. The second-order valence-electron chi connectivity index (χ2n) is 5.23. The highest BCUT2D eigenvalue weighted by atomic mass is 32.2. The number of rotatable bonds is 8. The van der Waals surface area contributed by atoms with Crippen molar-refractivity contribution in [2.75, 3.05) is 18.8 Å². The van der Waals surface area contributed by atoms with Crippen molar-refractivity contribution in [1.29, 1.82) is 0 Å². The maximum Gasteiger partial charge on any atom is 0.155 e. The van der Waals surface area contributed by atoms with Crippen molar-refractivity contribution in [1.82, 2.24) is 5.32 Å². The molecular weight excluding hydrogens is 234 g/mol. The molecule has 0 aromatic rings. The second-order valence-corrected chi connectivity index (χ2v) is 8.09. The van der Waals surface area contributed by atoms with Gasteiger partial charge in [0.05, 0.1) is 10.5 Å². The molecule has 0 unspecified atom stereocenters. The summed E-state index contributed by atoms with van der Waals surface area (Å²) in [5, 5.41) is 3.30. The fraction of sp³-hybridized carbons (Fsp3) is 0.846. The number of hydrogen-bond acceptors (Lipinski definition) is 3. The molecule has 0 amide bonds. The Labute approximate surface area is 107 Å². The Hall–Kier alpha value is -0.350. The van der Waals surface area contributed by atoms with Gasteiger partial charge in [-0.05, 0) is 53.1 Å². The molecular formula is C13H27NO2S. The zero-order valence-corrected chi connectivity index (χ0v) is 12.4. The standard InChI is InChI=1S/C13H27NO2S/c1-5-10-14-11-8-6-7-9-12-17(15,16)13(2,3)4/h6-7,14H,5,8-12H2,1-4H3/b7-6+. The SMILES string of the molecule is CCCNCC/C=C/CCS(=O)(=O)C(C)(C)C. The van der Waals surface area contributed by atoms with E-state index < -0.39 is 14.6 Å². The summed E-state index contributed by atoms with van der Waals surface area (Å²) in [6.07, 6.45) is 6.76. The molecule has 0 fully saturated rings. The molecule has 0 aliphatic carbocycles. The predicted octanol–water partition coefficient (Wildman–Crippen LogP) is 2.54. The maximum absolute atomic E-state index is 11.8. The van der Waals surface area contributed by atoms with Gasteiger partial charge < -0.3 is 5.32 Å². The van der Waals surface area contributed by atoms with E-state index in [9.17, 15) is 8.42 Å². The molecule has 0 saturated heterocycles. The van der Waals surface area contributed by atoms with Gasteiger partial charge in [-0.1, -0.05) is 19.1 Å². The minimum Gasteiger partial charge on any atom is -0.316 e. The normalized spacial score (nSPS) is 13.4. The van der Waals surface area contributed by atoms with Crippen molar-refractivity contribution in [2.45, 2.75) is 51.7 Å². The molecule has 0 heterocycles. The fourth-order valence-electron chi connectivity index (χ4n) is 1.25. The molecule has 1 N–H and O–H groups in total. The van der Waals surface area contributed by atoms with Crippen LogP contribution in [0.15, 0.2) is 12.2 Å². The van der Waals surface area contributed by atoms with E-state index in [1.54, 1.807) is 20.8 Å². The van der Waals surface area contributed by atoms with Crippen LogP contribution in [-0.2, 0) is 9.84 Å². The lowest BCUT2D eigenvalue weighted by molar-refractivity contribution is 0.560. The smallest absolute Gasteiger partial charge is 0.155 e. The van der Waals surface area contributed by atoms with E-state index in [1.807, 2.05) is 6.08 Å². The summed E-state index contributed by atoms with van der Waals surface area (Å²) in [6.45, 7) is 9.41. The summed E-state index contributed by atoms with van der Waals surface area (Å²) < 4.78 is 22.9. The number of hydrogen-bond donors (Lipinski definition) is 1. The Balaban J connectivity index is 3.74. The molecule has 17 heavy (non-hydrogen) atoms. The molecule has 102 valence electrons. The summed E-state index contributed by atoms with van der Waals surface area (Å²) in [5.74, 6) is 0.245. The second kappa shape index (κ2) is 7.88. The predicted molar refractivity (Wildman–Crippen MR) is 75.1 cm³/mol. The van der Waals surface area contributed by atoms with Crippen LogP contribution in [0.2, 0.25) is 0 Å². The van der Waals surface area contributed by atoms with E-state index in [1.165, 1.54) is 0 Å². The lowest BCUT2D eigenvalue weighted by Gasteiger charge is -2.18. The van der Waals surface area contributed by atoms with Gasteiger partial charge in [-0.2, -0.15) is 0 Å². The minimum absolute atomic E-state index is 0.245. The van der Waals surface area contributed by atoms with Gasteiger partial charge in [-0.25, -0.2) is 8.42 Å². The zero-order valence-electron chi connectivity index (χ0n) is 11.6. The Morgan fingerprint density at radius 1 is 1.06 bits per heavy atom. The van der Waals surface area contributed by atoms with Crippen molar-refractivity contribution >= 4 is 9.84 Å². The molecule has 0 radical (unpaired) electrons. The monoisotopic (exact) mass is 261 g/mol. The van der Waals surface area contributed by atoms with Crippen LogP contribution in [-0.4, -0.2) is 32.0 Å². The molecule has 4 heteroatoms. The Bertz CT molecular complexity index is 313. The van der Waals surface area contributed by atoms with E-state index in [0.29, 0.717) is 6.42 Å². The fourth-order valence-corrected chi connectivity index (χ4v) is 2.31. The van der Waals surface area contributed by atoms with Gasteiger partial charge in [0.15, 0.2) is 9.84 Å². The first kappa shape index (κ1) is 16.6. The minimum atomic E-state index is -2.97. The van der Waals surface area contributed by atoms with Crippen LogP contribution >= 0.6 is 0 Å². The average molecular weight is 261 g/mol. The van der Waals surface area contributed by atoms with E-state index in [4.69, 9.17) is 0 Å². The summed E-state index contributed by atoms with van der Waals surface area (Å²) >= 11 is 0. The van der Waals surface area contributed by atoms with Gasteiger partial charge in [0.1, 0.15) is 0 Å². The Kier molecular flexibility index (Phi) is 7.71. The lowest BCUT2D eigenvalue weighted by atomic mass is 10.3. The molecule has 0 atom stereocenters. The van der Waals surface area contributed by atoms with Crippen molar-refractivity contribution in [3.8, 4) is 0 Å². The van der Waals surface area contributed by atoms with Crippen molar-refractivity contribution in [3.63, 3.8) is 0 Å². The molecule has 0 aliphatic heterocycles. The largest absolute Gasteiger partial charge is 0.316 e. The van der Waals surface area contributed by atoms with Crippen molar-refractivity contribution in [2.24, 2.45) is 0 Å². The van der Waals surface area contributed by atoms with Gasteiger partial charge in [0, 0.05) is 0 Å². The first-order chi connectivity index (χ1) is 7.81. The topological polar surface area (TPSA) is 46.2 Å². The highest BCUT2D eigenvalue weighted by molar-refractivity contribution is 7.92. The van der Waals surface area contributed by atoms with E-state index in [2.05, 4.69) is 18.3 Å². The van der Waals surface area contributed by atoms with Crippen molar-refractivity contribution in [3.05, 3.63) is 12.2 Å². The summed E-state index contributed by atoms with van der Waals surface area (Å²) in [5.41, 5.74) is 0. The molecule has 0 rings (SSSR count). The number of allylic oxidation sites excluding steroid dienone is 1. The van der Waals surface area contributed by atoms with Crippen LogP contribution in [0.4, 0.5) is 0 Å². The third kappa shape index (κ3) is 7.55. The van der Waals surface area contributed by atoms with Crippen molar-refractivity contribution < 1.29 is 8.42 Å². The van der Waals surface area contributed by atoms with Gasteiger partial charge in [-0.3, -0.25) is 0 Å². The summed E-state index contributed by atoms with van der Waals surface area (Å²) in [6, 6.07) is 0. The molecule has 0 bridgehead atoms. The van der Waals surface area contributed by atoms with E-state index in [0.717, 1.165) is 25.9 Å². The summed E-state index contributed by atoms with van der Waals surface area (Å²) in [4.78, 5) is 0. The third-order valence-electron chi connectivity index (χ3n) is 2.57. The highest BCUT2D eigenvalue weighted by Crippen LogP contribution is 2.16. The van der Waals surface area contributed by atoms with Crippen LogP contribution in [0.3, 0.4) is 0 Å². The van der Waals surface area contributed by atoms with Gasteiger partial charge in [-0.15, -0.1) is 0 Å². The third-order valence-corrected chi connectivity index (χ3v) is 5.21. The molecule has 0 saturated carbocycles. The quantitative estimate of drug-likeness (QED) is 0.539. The van der Waals surface area contributed by atoms with E-state index in [-0.39, 0.29) is 5.75 Å². The van der Waals surface area contributed by atoms with Crippen LogP contribution in [0.5, 0.6) is 0 Å². The highest BCUT2D eigenvalue weighted by Gasteiger charge is 2.27. The molecule has 0 aromatic carbocycles. The van der Waals surface area contributed by atoms with Gasteiger partial charge in [0.2, 0.25) is 0 Å². The lowest BCUT2D eigenvalue weighted by Crippen LogP contribution is -2.30. The first-order valence-corrected chi connectivity index (χ1v) is 8.04. The Morgan fingerprint density at radius 3 is 2.18 bits per heavy atom. The molecule has 3 nitrogen and oxygen atoms in total. The molecule has 0 aliphatic rings. The van der Waals surface area contributed by atoms with Crippen LogP contribution in [0, 0.1) is 0 Å². The van der Waals surface area contributed by atoms with E-state index >= 15 is 0 Å². The van der Waals surface area contributed by atoms with Crippen LogP contribution < -0.4 is 5.32 Å². The van der Waals surface area contributed by atoms with Crippen LogP contribution in [0.25, 0.3) is 0 Å². The number of nitrogens with one attached hydrogen (secondary N) is 1. The van der Waals surface area contributed by atoms with Crippen LogP contribution in [0.1, 0.15) is 47.0 Å². The molecule has 0 aromatic heterocycles. The summed E-state index contributed by atoms with van der Waals surface area (Å²) in [7, 11) is -2.97.